The minimum Gasteiger partial charge on any atom is -0.460 e. The van der Waals surface area contributed by atoms with Gasteiger partial charge in [-0.15, -0.1) is 0 Å². The molecule has 2 fully saturated rings. The number of ether oxygens (including phenoxy) is 1. The molecule has 278 valence electrons. The van der Waals surface area contributed by atoms with Gasteiger partial charge in [0.25, 0.3) is 0 Å². The number of esters is 1. The lowest BCUT2D eigenvalue weighted by atomic mass is 10.1. The first-order valence-electron chi connectivity index (χ1n) is 19.3. The van der Waals surface area contributed by atoms with E-state index in [9.17, 15) is 18.0 Å². The van der Waals surface area contributed by atoms with Crippen molar-refractivity contribution < 1.29 is 34.4 Å². The van der Waals surface area contributed by atoms with Crippen LogP contribution in [-0.4, -0.2) is 126 Å². The molecule has 2 aromatic heterocycles. The van der Waals surface area contributed by atoms with Crippen molar-refractivity contribution >= 4 is 24.2 Å². The van der Waals surface area contributed by atoms with Crippen molar-refractivity contribution in [2.24, 2.45) is 5.73 Å². The Bertz CT molecular complexity index is 1300. The van der Waals surface area contributed by atoms with Crippen LogP contribution in [0.3, 0.4) is 0 Å². The number of hydrogen-bond donors (Lipinski definition) is 1. The third kappa shape index (κ3) is 21.3. The molecule has 0 unspecified atom stereocenters. The fourth-order valence-corrected chi connectivity index (χ4v) is 4.40. The number of rotatable bonds is 12. The summed E-state index contributed by atoms with van der Waals surface area (Å²) in [5.74, 6) is 1.21. The van der Waals surface area contributed by atoms with Gasteiger partial charge < -0.3 is 20.3 Å². The Hall–Kier alpha value is -3.43. The number of nitrogens with two attached hydrogens (primary N) is 1. The molecule has 0 amide bonds. The van der Waals surface area contributed by atoms with Gasteiger partial charge in [0.1, 0.15) is 5.60 Å². The summed E-state index contributed by atoms with van der Waals surface area (Å²) >= 11 is 0. The summed E-state index contributed by atoms with van der Waals surface area (Å²) in [6.45, 7) is 11.3. The molecule has 0 atom stereocenters. The van der Waals surface area contributed by atoms with Crippen LogP contribution < -0.4 is 15.5 Å². The second kappa shape index (κ2) is 24.7. The Morgan fingerprint density at radius 2 is 1.20 bits per heavy atom. The Balaban J connectivity index is 0.000000453. The molecule has 2 N–H and O–H groups in total. The summed E-state index contributed by atoms with van der Waals surface area (Å²) in [6, 6.07) is 3.58. The molecule has 2 aliphatic rings. The zero-order valence-electron chi connectivity index (χ0n) is 34.4. The van der Waals surface area contributed by atoms with Gasteiger partial charge in [0, 0.05) is 90.4 Å². The van der Waals surface area contributed by atoms with Crippen LogP contribution in [0.1, 0.15) is 80.0 Å². The van der Waals surface area contributed by atoms with E-state index in [1.807, 2.05) is 30.6 Å². The monoisotopic (exact) mass is 702 g/mol. The van der Waals surface area contributed by atoms with E-state index in [4.69, 9.17) is 22.1 Å². The van der Waals surface area contributed by atoms with Crippen molar-refractivity contribution in [1.29, 1.82) is 0 Å². The quantitative estimate of drug-likeness (QED) is 0.188. The molecule has 4 heterocycles. The normalized spacial score (nSPS) is 17.5. The molecule has 0 saturated carbocycles. The molecule has 2 aromatic rings. The van der Waals surface area contributed by atoms with Crippen LogP contribution in [0.5, 0.6) is 0 Å². The maximum atomic E-state index is 11.7. The molecule has 0 aromatic carbocycles. The van der Waals surface area contributed by atoms with Crippen molar-refractivity contribution in [3.63, 3.8) is 0 Å². The molecule has 2 aliphatic heterocycles. The van der Waals surface area contributed by atoms with Crippen LogP contribution in [0, 0.1) is 0 Å². The summed E-state index contributed by atoms with van der Waals surface area (Å²) in [7, 11) is 0. The minimum absolute atomic E-state index is 0.213. The number of alkyl halides is 3. The standard InChI is InChI=1S/C18H30N4O2.C12H21N5.C2HF3O.C2H6/c1-18(2,3)24-16(23)8-5-4-6-11-21-12-14-22(15-13-21)17-19-9-7-10-20-17;13-4-1-2-7-16-8-10-17(11-9-16)12-14-5-3-6-15-12;3-2(4,5)1-6;1-2/h7,9-10H,4-6,8,11-15H2,1-3H3;3,5-6H,1-2,4,7-11,13H2;1H;1-2H3/i11D2;7D2;;1D. The number of aldehydes is 1. The average molecular weight is 703 g/mol. The average Bonchev–Trinajstić information content (AvgIpc) is 3.13. The smallest absolute Gasteiger partial charge is 0.446 e. The lowest BCUT2D eigenvalue weighted by Crippen LogP contribution is -2.47. The van der Waals surface area contributed by atoms with Crippen molar-refractivity contribution in [2.45, 2.75) is 84.9 Å². The van der Waals surface area contributed by atoms with Crippen LogP contribution in [-0.2, 0) is 14.3 Å². The molecule has 0 radical (unpaired) electrons. The van der Waals surface area contributed by atoms with E-state index in [0.29, 0.717) is 90.8 Å². The van der Waals surface area contributed by atoms with Crippen LogP contribution in [0.2, 0.25) is 0 Å². The summed E-state index contributed by atoms with van der Waals surface area (Å²) in [5.41, 5.74) is 4.99. The van der Waals surface area contributed by atoms with E-state index in [-0.39, 0.29) is 5.97 Å². The fourth-order valence-electron chi connectivity index (χ4n) is 4.40. The lowest BCUT2D eigenvalue weighted by Gasteiger charge is -2.34. The van der Waals surface area contributed by atoms with E-state index in [1.54, 1.807) is 43.8 Å². The molecule has 2 saturated heterocycles. The largest absolute Gasteiger partial charge is 0.460 e. The first-order valence-corrected chi connectivity index (χ1v) is 16.6. The molecule has 0 spiro atoms. The number of piperazine rings is 2. The predicted molar refractivity (Wildman–Crippen MR) is 187 cm³/mol. The summed E-state index contributed by atoms with van der Waals surface area (Å²) in [4.78, 5) is 45.3. The van der Waals surface area contributed by atoms with Crippen molar-refractivity contribution in [3.05, 3.63) is 36.9 Å². The highest BCUT2D eigenvalue weighted by atomic mass is 19.4. The zero-order chi connectivity index (χ0) is 40.8. The lowest BCUT2D eigenvalue weighted by molar-refractivity contribution is -0.156. The minimum atomic E-state index is -4.64. The topological polar surface area (TPSA) is 134 Å². The molecule has 15 heteroatoms. The summed E-state index contributed by atoms with van der Waals surface area (Å²) in [6.07, 6.45) is 4.47. The number of carbonyl (C=O) groups is 2. The van der Waals surface area contributed by atoms with Crippen LogP contribution >= 0.6 is 0 Å². The van der Waals surface area contributed by atoms with Gasteiger partial charge in [-0.1, -0.05) is 20.2 Å². The first-order chi connectivity index (χ1) is 25.3. The van der Waals surface area contributed by atoms with Gasteiger partial charge in [-0.2, -0.15) is 13.2 Å². The SMILES string of the molecule is O=CC(F)(F)F.[2H]C([2H])(CCCCC(=O)OC(C)(C)C)N1CCN(c2ncccn2)CC1.[2H]C([2H])(CCCN)N1CCN(c2ncccn2)CC1.[2H]CC. The first kappa shape index (κ1) is 35.4. The summed E-state index contributed by atoms with van der Waals surface area (Å²) < 4.78 is 75.6. The van der Waals surface area contributed by atoms with Gasteiger partial charge in [-0.25, -0.2) is 19.9 Å². The van der Waals surface area contributed by atoms with E-state index in [2.05, 4.69) is 29.7 Å². The van der Waals surface area contributed by atoms with Crippen LogP contribution in [0.25, 0.3) is 0 Å². The van der Waals surface area contributed by atoms with Gasteiger partial charge in [-0.05, 0) is 78.1 Å². The molecule has 12 nitrogen and oxygen atoms in total. The van der Waals surface area contributed by atoms with Gasteiger partial charge in [0.05, 0.1) is 0 Å². The van der Waals surface area contributed by atoms with Crippen LogP contribution in [0.4, 0.5) is 25.1 Å². The Kier molecular flexibility index (Phi) is 17.8. The highest BCUT2D eigenvalue weighted by Crippen LogP contribution is 2.13. The van der Waals surface area contributed by atoms with Gasteiger partial charge in [0.2, 0.25) is 18.2 Å². The molecule has 0 bridgehead atoms. The van der Waals surface area contributed by atoms with Gasteiger partial charge in [-0.3, -0.25) is 19.4 Å². The predicted octanol–water partition coefficient (Wildman–Crippen LogP) is 4.61. The number of nitrogens with zero attached hydrogens (tertiary/aromatic N) is 8. The Labute approximate surface area is 297 Å². The number of unbranched alkanes of at least 4 members (excludes halogenated alkanes) is 1. The molecular weight excluding hydrogens is 639 g/mol. The van der Waals surface area contributed by atoms with E-state index in [0.717, 1.165) is 25.5 Å². The van der Waals surface area contributed by atoms with E-state index >= 15 is 0 Å². The second-order valence-corrected chi connectivity index (χ2v) is 11.7. The van der Waals surface area contributed by atoms with Crippen molar-refractivity contribution in [2.75, 3.05) is 81.7 Å². The number of hydrogen-bond acceptors (Lipinski definition) is 12. The third-order valence-corrected chi connectivity index (χ3v) is 6.64. The molecule has 4 rings (SSSR count). The number of anilines is 2. The second-order valence-electron chi connectivity index (χ2n) is 11.7. The highest BCUT2D eigenvalue weighted by molar-refractivity contribution is 5.69. The Morgan fingerprint density at radius 3 is 1.55 bits per heavy atom. The Morgan fingerprint density at radius 1 is 0.816 bits per heavy atom. The molecule has 0 aliphatic carbocycles. The van der Waals surface area contributed by atoms with Crippen molar-refractivity contribution in [3.8, 4) is 0 Å². The molecular formula is C34H58F3N9O3. The highest BCUT2D eigenvalue weighted by Gasteiger charge is 2.25. The maximum Gasteiger partial charge on any atom is 0.446 e. The third-order valence-electron chi connectivity index (χ3n) is 6.64. The number of halogens is 3. The van der Waals surface area contributed by atoms with Gasteiger partial charge >= 0.3 is 12.1 Å². The van der Waals surface area contributed by atoms with Crippen LogP contribution in [0.15, 0.2) is 36.9 Å². The summed E-state index contributed by atoms with van der Waals surface area (Å²) in [5, 5.41) is 0. The zero-order valence-corrected chi connectivity index (χ0v) is 29.4. The fraction of sp³-hybridized carbons (Fsp3) is 0.706. The van der Waals surface area contributed by atoms with E-state index in [1.165, 1.54) is 0 Å². The van der Waals surface area contributed by atoms with Gasteiger partial charge in [0.15, 0.2) is 0 Å². The van der Waals surface area contributed by atoms with Crippen molar-refractivity contribution in [1.82, 2.24) is 29.7 Å². The maximum absolute atomic E-state index is 11.7. The van der Waals surface area contributed by atoms with E-state index < -0.39 is 31.1 Å². The number of aromatic nitrogens is 4. The number of carbonyl (C=O) groups excluding carboxylic acids is 2. The molecule has 49 heavy (non-hydrogen) atoms.